The molecule has 1 N–H and O–H groups in total. The van der Waals surface area contributed by atoms with Crippen molar-refractivity contribution in [3.8, 4) is 11.9 Å². The lowest BCUT2D eigenvalue weighted by Gasteiger charge is -2.29. The highest BCUT2D eigenvalue weighted by molar-refractivity contribution is 7.92. The highest BCUT2D eigenvalue weighted by Crippen LogP contribution is 2.32. The van der Waals surface area contributed by atoms with Gasteiger partial charge in [-0.2, -0.15) is 14.6 Å². The van der Waals surface area contributed by atoms with Gasteiger partial charge < -0.3 is 10.1 Å². The van der Waals surface area contributed by atoms with Gasteiger partial charge in [-0.15, -0.1) is 0 Å². The van der Waals surface area contributed by atoms with Gasteiger partial charge in [-0.1, -0.05) is 25.1 Å². The lowest BCUT2D eigenvalue weighted by molar-refractivity contribution is -0.121. The van der Waals surface area contributed by atoms with Crippen molar-refractivity contribution in [1.82, 2.24) is 10.3 Å². The fraction of sp³-hybridized carbons (Fsp3) is 0.417. The van der Waals surface area contributed by atoms with E-state index in [4.69, 9.17) is 4.74 Å². The minimum atomic E-state index is -4.53. The molecule has 2 heterocycles. The van der Waals surface area contributed by atoms with Crippen LogP contribution in [0.25, 0.3) is 0 Å². The maximum atomic E-state index is 14.3. The van der Waals surface area contributed by atoms with Gasteiger partial charge in [0, 0.05) is 17.9 Å². The van der Waals surface area contributed by atoms with Crippen LogP contribution in [0.4, 0.5) is 10.2 Å². The van der Waals surface area contributed by atoms with Gasteiger partial charge in [-0.25, -0.2) is 12.8 Å². The molecule has 35 heavy (non-hydrogen) atoms. The third-order valence-corrected chi connectivity index (χ3v) is 7.30. The fourth-order valence-corrected chi connectivity index (χ4v) is 5.51. The van der Waals surface area contributed by atoms with E-state index in [0.29, 0.717) is 36.7 Å². The number of Topliss-reactive ketones (excluding diaryl/α,β-unsaturated/α-hetero) is 1. The summed E-state index contributed by atoms with van der Waals surface area (Å²) in [5.41, 5.74) is -0.379. The predicted octanol–water partition coefficient (Wildman–Crippen LogP) is 2.95. The number of hydrogen-bond acceptors (Lipinski definition) is 8. The fourth-order valence-electron chi connectivity index (χ4n) is 3.93. The summed E-state index contributed by atoms with van der Waals surface area (Å²) in [5.74, 6) is -3.95. The molecule has 0 atom stereocenters. The first-order valence-electron chi connectivity index (χ1n) is 11.3. The molecule has 2 aromatic rings. The second-order valence-electron chi connectivity index (χ2n) is 8.18. The van der Waals surface area contributed by atoms with Crippen LogP contribution in [0.5, 0.6) is 5.88 Å². The highest BCUT2D eigenvalue weighted by atomic mass is 32.2. The number of carbonyl (C=O) groups is 2. The second-order valence-corrected chi connectivity index (χ2v) is 9.99. The molecule has 1 aliphatic heterocycles. The Labute approximate surface area is 204 Å². The summed E-state index contributed by atoms with van der Waals surface area (Å²) >= 11 is 0. The highest BCUT2D eigenvalue weighted by Gasteiger charge is 2.38. The molecule has 1 amide bonds. The third-order valence-electron chi connectivity index (χ3n) is 5.71. The maximum absolute atomic E-state index is 14.3. The molecule has 0 aliphatic carbocycles. The molecular formula is C24H27FN4O5S. The van der Waals surface area contributed by atoms with Crippen LogP contribution in [-0.2, 0) is 20.6 Å². The number of nitrogens with zero attached hydrogens (tertiary/aromatic N) is 3. The Hall–Kier alpha value is -3.36. The average molecular weight is 503 g/mol. The lowest BCUT2D eigenvalue weighted by atomic mass is 9.97. The number of nitriles is 1. The van der Waals surface area contributed by atoms with Crippen molar-refractivity contribution in [2.24, 2.45) is 5.92 Å². The van der Waals surface area contributed by atoms with E-state index in [0.717, 1.165) is 6.07 Å². The quantitative estimate of drug-likeness (QED) is 0.518. The Kier molecular flexibility index (Phi) is 8.53. The number of piperidine rings is 1. The smallest absolute Gasteiger partial charge is 0.247 e. The standard InChI is InChI=1S/C24H27FN4O5S/c1-3-6-21(30)19-13-18(14-26)22(28-23(19)34-2)29(24(31)16-9-11-27-12-10-16)35(32,33)15-17-7-4-5-8-20(17)25/h4-5,7-8,13,16,27H,3,6,9-12,15H2,1-2H3. The number of pyridine rings is 1. The van der Waals surface area contributed by atoms with E-state index < -0.39 is 39.2 Å². The molecule has 3 rings (SSSR count). The van der Waals surface area contributed by atoms with Gasteiger partial charge in [0.1, 0.15) is 11.9 Å². The third kappa shape index (κ3) is 5.83. The number of methoxy groups -OCH3 is 1. The first kappa shape index (κ1) is 26.2. The molecular weight excluding hydrogens is 475 g/mol. The zero-order valence-corrected chi connectivity index (χ0v) is 20.4. The molecule has 9 nitrogen and oxygen atoms in total. The predicted molar refractivity (Wildman–Crippen MR) is 127 cm³/mol. The molecule has 186 valence electrons. The summed E-state index contributed by atoms with van der Waals surface area (Å²) in [7, 11) is -3.27. The van der Waals surface area contributed by atoms with Gasteiger partial charge in [0.05, 0.1) is 24.0 Å². The number of sulfonamides is 1. The molecule has 1 fully saturated rings. The largest absolute Gasteiger partial charge is 0.480 e. The summed E-state index contributed by atoms with van der Waals surface area (Å²) in [5, 5.41) is 12.9. The number of halogens is 1. The van der Waals surface area contributed by atoms with Crippen LogP contribution < -0.4 is 14.4 Å². The Balaban J connectivity index is 2.18. The molecule has 0 unspecified atom stereocenters. The monoisotopic (exact) mass is 502 g/mol. The van der Waals surface area contributed by atoms with Crippen molar-refractivity contribution >= 4 is 27.5 Å². The number of benzene rings is 1. The Bertz CT molecular complexity index is 1250. The molecule has 0 bridgehead atoms. The van der Waals surface area contributed by atoms with Crippen LogP contribution in [0.15, 0.2) is 30.3 Å². The molecule has 1 aliphatic rings. The van der Waals surface area contributed by atoms with Gasteiger partial charge >= 0.3 is 0 Å². The number of nitrogens with one attached hydrogen (secondary N) is 1. The van der Waals surface area contributed by atoms with Gasteiger partial charge in [0.15, 0.2) is 11.6 Å². The zero-order chi connectivity index (χ0) is 25.6. The van der Waals surface area contributed by atoms with Crippen molar-refractivity contribution in [2.75, 3.05) is 24.5 Å². The SMILES string of the molecule is CCCC(=O)c1cc(C#N)c(N(C(=O)C2CCNCC2)S(=O)(=O)Cc2ccccc2F)nc1OC. The van der Waals surface area contributed by atoms with Crippen molar-refractivity contribution in [2.45, 2.75) is 38.4 Å². The first-order valence-corrected chi connectivity index (χ1v) is 12.9. The van der Waals surface area contributed by atoms with Crippen LogP contribution >= 0.6 is 0 Å². The second kappa shape index (κ2) is 11.4. The molecule has 11 heteroatoms. The number of ether oxygens (including phenoxy) is 1. The van der Waals surface area contributed by atoms with E-state index in [9.17, 15) is 27.7 Å². The van der Waals surface area contributed by atoms with E-state index in [2.05, 4.69) is 10.3 Å². The van der Waals surface area contributed by atoms with E-state index in [1.54, 1.807) is 0 Å². The average Bonchev–Trinajstić information content (AvgIpc) is 2.85. The summed E-state index contributed by atoms with van der Waals surface area (Å²) in [4.78, 5) is 30.3. The van der Waals surface area contributed by atoms with E-state index >= 15 is 0 Å². The Morgan fingerprint density at radius 3 is 2.57 bits per heavy atom. The van der Waals surface area contributed by atoms with Crippen LogP contribution in [0, 0.1) is 23.1 Å². The van der Waals surface area contributed by atoms with E-state index in [1.165, 1.54) is 31.4 Å². The van der Waals surface area contributed by atoms with E-state index in [-0.39, 0.29) is 34.8 Å². The van der Waals surface area contributed by atoms with Crippen LogP contribution in [0.2, 0.25) is 0 Å². The normalized spacial score (nSPS) is 14.2. The Morgan fingerprint density at radius 2 is 1.97 bits per heavy atom. The number of hydrogen-bond donors (Lipinski definition) is 1. The first-order chi connectivity index (χ1) is 16.7. The number of amides is 1. The van der Waals surface area contributed by atoms with Gasteiger partial charge in [-0.05, 0) is 44.5 Å². The Morgan fingerprint density at radius 1 is 1.29 bits per heavy atom. The van der Waals surface area contributed by atoms with Crippen molar-refractivity contribution < 1.29 is 27.1 Å². The number of rotatable bonds is 9. The van der Waals surface area contributed by atoms with Gasteiger partial charge in [-0.3, -0.25) is 9.59 Å². The van der Waals surface area contributed by atoms with Crippen LogP contribution in [0.1, 0.15) is 54.1 Å². The number of ketones is 1. The topological polar surface area (TPSA) is 129 Å². The zero-order valence-electron chi connectivity index (χ0n) is 19.6. The number of aromatic nitrogens is 1. The number of carbonyl (C=O) groups excluding carboxylic acids is 2. The lowest BCUT2D eigenvalue weighted by Crippen LogP contribution is -2.45. The molecule has 0 radical (unpaired) electrons. The molecule has 1 aromatic carbocycles. The van der Waals surface area contributed by atoms with Crippen molar-refractivity contribution in [3.05, 3.63) is 52.8 Å². The minimum absolute atomic E-state index is 0.0235. The maximum Gasteiger partial charge on any atom is 0.247 e. The molecule has 0 saturated carbocycles. The van der Waals surface area contributed by atoms with Gasteiger partial charge in [0.2, 0.25) is 21.8 Å². The van der Waals surface area contributed by atoms with Crippen molar-refractivity contribution in [1.29, 1.82) is 5.26 Å². The summed E-state index contributed by atoms with van der Waals surface area (Å²) in [6, 6.07) is 8.40. The van der Waals surface area contributed by atoms with Gasteiger partial charge in [0.25, 0.3) is 0 Å². The van der Waals surface area contributed by atoms with Crippen LogP contribution in [-0.4, -0.2) is 45.3 Å². The minimum Gasteiger partial charge on any atom is -0.480 e. The number of anilines is 1. The van der Waals surface area contributed by atoms with Crippen molar-refractivity contribution in [3.63, 3.8) is 0 Å². The summed E-state index contributed by atoms with van der Waals surface area (Å²) < 4.78 is 47.2. The molecule has 1 saturated heterocycles. The summed E-state index contributed by atoms with van der Waals surface area (Å²) in [6.07, 6.45) is 1.49. The van der Waals surface area contributed by atoms with Crippen LogP contribution in [0.3, 0.4) is 0 Å². The molecule has 0 spiro atoms. The molecule has 1 aromatic heterocycles. The van der Waals surface area contributed by atoms with E-state index in [1.807, 2.05) is 13.0 Å². The summed E-state index contributed by atoms with van der Waals surface area (Å²) in [6.45, 7) is 2.85.